The molecule has 3 aliphatic rings. The summed E-state index contributed by atoms with van der Waals surface area (Å²) in [4.78, 5) is 44.3. The van der Waals surface area contributed by atoms with Crippen molar-refractivity contribution in [2.45, 2.75) is 55.4 Å². The molecule has 1 spiro atoms. The lowest BCUT2D eigenvalue weighted by Gasteiger charge is -2.37. The average Bonchev–Trinajstić information content (AvgIpc) is 3.61. The summed E-state index contributed by atoms with van der Waals surface area (Å²) in [5.41, 5.74) is 0.303. The minimum absolute atomic E-state index is 0.0231. The Morgan fingerprint density at radius 2 is 2.16 bits per heavy atom. The fourth-order valence-corrected chi connectivity index (χ4v) is 7.22. The van der Waals surface area contributed by atoms with Crippen LogP contribution in [0, 0.1) is 11.8 Å². The summed E-state index contributed by atoms with van der Waals surface area (Å²) >= 11 is 3.65. The van der Waals surface area contributed by atoms with Gasteiger partial charge in [-0.1, -0.05) is 39.4 Å². The van der Waals surface area contributed by atoms with Crippen molar-refractivity contribution >= 4 is 44.7 Å². The molecule has 1 aromatic heterocycles. The number of carbonyl (C=O) groups excluding carboxylic acids is 3. The van der Waals surface area contributed by atoms with Crippen molar-refractivity contribution in [1.29, 1.82) is 0 Å². The quantitative estimate of drug-likeness (QED) is 0.181. The van der Waals surface area contributed by atoms with Crippen molar-refractivity contribution in [3.8, 4) is 0 Å². The van der Waals surface area contributed by atoms with Gasteiger partial charge in [-0.2, -0.15) is 0 Å². The number of esters is 1. The third kappa shape index (κ3) is 4.22. The molecule has 3 fully saturated rings. The van der Waals surface area contributed by atoms with Gasteiger partial charge in [0, 0.05) is 24.5 Å². The highest BCUT2D eigenvalue weighted by molar-refractivity contribution is 9.09. The van der Waals surface area contributed by atoms with Crippen molar-refractivity contribution in [3.05, 3.63) is 36.9 Å². The van der Waals surface area contributed by atoms with E-state index >= 15 is 0 Å². The first kappa shape index (κ1) is 26.8. The number of fused-ring (bicyclic) bond motifs is 2. The topological polar surface area (TPSA) is 127 Å². The fraction of sp³-hybridized carbons (Fsp3) is 0.577. The molecule has 4 heterocycles. The van der Waals surface area contributed by atoms with Gasteiger partial charge in [-0.15, -0.1) is 11.7 Å². The molecule has 38 heavy (non-hydrogen) atoms. The number of hydrogen-bond donors (Lipinski definition) is 1. The smallest absolute Gasteiger partial charge is 0.312 e. The maximum atomic E-state index is 14.4. The number of halogens is 1. The summed E-state index contributed by atoms with van der Waals surface area (Å²) in [7, 11) is 0. The Morgan fingerprint density at radius 1 is 1.37 bits per heavy atom. The molecule has 0 radical (unpaired) electrons. The number of aromatic nitrogens is 3. The number of carbonyl (C=O) groups is 3. The van der Waals surface area contributed by atoms with Gasteiger partial charge in [-0.05, 0) is 38.3 Å². The van der Waals surface area contributed by atoms with E-state index in [1.54, 1.807) is 27.5 Å². The van der Waals surface area contributed by atoms with Gasteiger partial charge in [0.25, 0.3) is 0 Å². The van der Waals surface area contributed by atoms with E-state index in [1.807, 2.05) is 24.3 Å². The molecule has 2 amide bonds. The van der Waals surface area contributed by atoms with Crippen LogP contribution < -0.4 is 0 Å². The molecule has 1 N–H and O–H groups in total. The molecule has 204 valence electrons. The average molecular weight is 590 g/mol. The highest BCUT2D eigenvalue weighted by Gasteiger charge is 2.77. The molecule has 1 aromatic carbocycles. The van der Waals surface area contributed by atoms with Gasteiger partial charge in [-0.25, -0.2) is 4.68 Å². The number of aliphatic hydroxyl groups is 1. The Morgan fingerprint density at radius 3 is 2.89 bits per heavy atom. The van der Waals surface area contributed by atoms with Crippen molar-refractivity contribution in [3.63, 3.8) is 0 Å². The summed E-state index contributed by atoms with van der Waals surface area (Å²) in [5.74, 6) is -2.70. The third-order valence-electron chi connectivity index (χ3n) is 7.78. The van der Waals surface area contributed by atoms with E-state index in [2.05, 4.69) is 32.8 Å². The van der Waals surface area contributed by atoms with Gasteiger partial charge in [-0.3, -0.25) is 14.4 Å². The van der Waals surface area contributed by atoms with E-state index in [4.69, 9.17) is 9.47 Å². The second kappa shape index (κ2) is 10.7. The second-order valence-corrected chi connectivity index (χ2v) is 11.1. The minimum Gasteiger partial charge on any atom is -0.466 e. The molecule has 12 heteroatoms. The SMILES string of the molecule is C=CCN(Cn1nnc2ccccc21)C(=O)C1N(CCCCO)C(=O)[C@@H]2[C@@H](C(=O)OCC)[C@@H]3OC12CC3Br. The fourth-order valence-electron chi connectivity index (χ4n) is 6.28. The van der Waals surface area contributed by atoms with E-state index in [9.17, 15) is 19.5 Å². The highest BCUT2D eigenvalue weighted by Crippen LogP contribution is 2.60. The van der Waals surface area contributed by atoms with Gasteiger partial charge >= 0.3 is 5.97 Å². The molecular weight excluding hydrogens is 558 g/mol. The summed E-state index contributed by atoms with van der Waals surface area (Å²) < 4.78 is 13.5. The first-order chi connectivity index (χ1) is 18.4. The first-order valence-corrected chi connectivity index (χ1v) is 13.9. The Hall–Kier alpha value is -2.83. The molecule has 6 atom stereocenters. The van der Waals surface area contributed by atoms with Crippen molar-refractivity contribution in [2.24, 2.45) is 11.8 Å². The summed E-state index contributed by atoms with van der Waals surface area (Å²) in [6, 6.07) is 6.52. The lowest BCUT2D eigenvalue weighted by molar-refractivity contribution is -0.155. The highest BCUT2D eigenvalue weighted by atomic mass is 79.9. The van der Waals surface area contributed by atoms with E-state index in [-0.39, 0.29) is 49.6 Å². The van der Waals surface area contributed by atoms with Crippen LogP contribution in [-0.4, -0.2) is 96.6 Å². The van der Waals surface area contributed by atoms with Crippen LogP contribution in [0.5, 0.6) is 0 Å². The summed E-state index contributed by atoms with van der Waals surface area (Å²) in [6.45, 7) is 6.29. The van der Waals surface area contributed by atoms with Crippen LogP contribution in [0.25, 0.3) is 11.0 Å². The van der Waals surface area contributed by atoms with Crippen LogP contribution in [0.2, 0.25) is 0 Å². The van der Waals surface area contributed by atoms with Crippen LogP contribution in [0.3, 0.4) is 0 Å². The normalized spacial score (nSPS) is 29.6. The number of likely N-dealkylation sites (tertiary alicyclic amines) is 1. The summed E-state index contributed by atoms with van der Waals surface area (Å²) in [6.07, 6.45) is 2.46. The molecule has 5 rings (SSSR count). The molecule has 3 aliphatic heterocycles. The van der Waals surface area contributed by atoms with E-state index < -0.39 is 35.6 Å². The summed E-state index contributed by atoms with van der Waals surface area (Å²) in [5, 5.41) is 17.8. The number of unbranched alkanes of at least 4 members (excludes halogenated alkanes) is 1. The molecule has 3 unspecified atom stereocenters. The number of hydrogen-bond acceptors (Lipinski definition) is 8. The number of para-hydroxylation sites is 1. The Balaban J connectivity index is 1.52. The number of amides is 2. The number of ether oxygens (including phenoxy) is 2. The molecule has 0 saturated carbocycles. The lowest BCUT2D eigenvalue weighted by Crippen LogP contribution is -2.57. The van der Waals surface area contributed by atoms with Gasteiger partial charge in [0.15, 0.2) is 0 Å². The van der Waals surface area contributed by atoms with Gasteiger partial charge in [0.2, 0.25) is 11.8 Å². The van der Waals surface area contributed by atoms with Crippen LogP contribution in [0.15, 0.2) is 36.9 Å². The molecule has 2 bridgehead atoms. The van der Waals surface area contributed by atoms with Crippen LogP contribution in [-0.2, 0) is 30.5 Å². The second-order valence-electron chi connectivity index (χ2n) is 9.95. The molecular formula is C26H32BrN5O6. The maximum absolute atomic E-state index is 14.4. The Labute approximate surface area is 228 Å². The number of benzene rings is 1. The first-order valence-electron chi connectivity index (χ1n) is 13.0. The van der Waals surface area contributed by atoms with Crippen molar-refractivity contribution in [2.75, 3.05) is 26.3 Å². The zero-order chi connectivity index (χ0) is 27.0. The molecule has 11 nitrogen and oxygen atoms in total. The van der Waals surface area contributed by atoms with Crippen LogP contribution in [0.1, 0.15) is 26.2 Å². The predicted molar refractivity (Wildman–Crippen MR) is 140 cm³/mol. The standard InChI is InChI=1S/C26H32BrN5O6/c1-3-11-30(15-32-18-10-6-5-9-17(18)28-29-32)24(35)22-26-14-16(27)21(38-26)19(25(36)37-4-2)20(26)23(34)31(22)12-7-8-13-33/h3,5-6,9-10,16,19-22,33H,1,4,7-8,11-15H2,2H3/t16?,19-,20+,21-,22?,26?/m1/s1. The molecule has 2 aromatic rings. The van der Waals surface area contributed by atoms with Crippen molar-refractivity contribution in [1.82, 2.24) is 24.8 Å². The van der Waals surface area contributed by atoms with Gasteiger partial charge in [0.05, 0.1) is 30.1 Å². The zero-order valence-corrected chi connectivity index (χ0v) is 22.8. The van der Waals surface area contributed by atoms with Crippen molar-refractivity contribution < 1.29 is 29.0 Å². The van der Waals surface area contributed by atoms with E-state index in [1.165, 1.54) is 0 Å². The number of rotatable bonds is 11. The third-order valence-corrected chi connectivity index (χ3v) is 8.62. The monoisotopic (exact) mass is 589 g/mol. The van der Waals surface area contributed by atoms with E-state index in [0.717, 1.165) is 5.52 Å². The Bertz CT molecular complexity index is 1240. The number of nitrogens with zero attached hydrogens (tertiary/aromatic N) is 5. The minimum atomic E-state index is -1.17. The predicted octanol–water partition coefficient (Wildman–Crippen LogP) is 1.49. The zero-order valence-electron chi connectivity index (χ0n) is 21.2. The Kier molecular flexibility index (Phi) is 7.56. The van der Waals surface area contributed by atoms with Gasteiger partial charge in [0.1, 0.15) is 23.8 Å². The largest absolute Gasteiger partial charge is 0.466 e. The lowest BCUT2D eigenvalue weighted by atomic mass is 9.70. The molecule has 3 saturated heterocycles. The number of alkyl halides is 1. The molecule has 0 aliphatic carbocycles. The van der Waals surface area contributed by atoms with Gasteiger partial charge < -0.3 is 24.4 Å². The van der Waals surface area contributed by atoms with Crippen LogP contribution in [0.4, 0.5) is 0 Å². The van der Waals surface area contributed by atoms with E-state index in [0.29, 0.717) is 24.8 Å². The maximum Gasteiger partial charge on any atom is 0.312 e. The number of aliphatic hydroxyl groups excluding tert-OH is 1. The van der Waals surface area contributed by atoms with Crippen LogP contribution >= 0.6 is 15.9 Å².